The summed E-state index contributed by atoms with van der Waals surface area (Å²) in [5.74, 6) is -0.00661. The second-order valence-electron chi connectivity index (χ2n) is 6.83. The van der Waals surface area contributed by atoms with E-state index in [-0.39, 0.29) is 16.8 Å². The van der Waals surface area contributed by atoms with Crippen LogP contribution < -0.4 is 15.4 Å². The van der Waals surface area contributed by atoms with Crippen LogP contribution in [-0.4, -0.2) is 33.5 Å². The van der Waals surface area contributed by atoms with E-state index in [4.69, 9.17) is 5.14 Å². The topological polar surface area (TPSA) is 92.5 Å². The Kier molecular flexibility index (Phi) is 5.82. The Balaban J connectivity index is 1.55. The number of aryl methyl sites for hydroxylation is 1. The third-order valence-electron chi connectivity index (χ3n) is 4.96. The molecular weight excluding hydrogens is 362 g/mol. The second-order valence-corrected chi connectivity index (χ2v) is 8.39. The molecule has 0 aliphatic carbocycles. The van der Waals surface area contributed by atoms with Crippen molar-refractivity contribution >= 4 is 21.6 Å². The van der Waals surface area contributed by atoms with E-state index < -0.39 is 10.0 Å². The highest BCUT2D eigenvalue weighted by Crippen LogP contribution is 2.28. The smallest absolute Gasteiger partial charge is 0.242 e. The van der Waals surface area contributed by atoms with E-state index in [0.29, 0.717) is 13.0 Å². The highest BCUT2D eigenvalue weighted by Gasteiger charge is 2.25. The number of para-hydroxylation sites is 1. The standard InChI is InChI=1S/C20H25N3O3S/c1-15(23-14-4-6-17-5-2-3-7-19(17)23)20(24)22-13-12-16-8-10-18(11-9-16)27(21,25)26/h2-3,5,7-11,15H,4,6,12-14H2,1H3,(H,22,24)(H2,21,25,26)/t15-/m0/s1. The SMILES string of the molecule is C[C@@H](C(=O)NCCc1ccc(S(N)(=O)=O)cc1)N1CCCc2ccccc21. The van der Waals surface area contributed by atoms with Gasteiger partial charge in [0, 0.05) is 18.8 Å². The lowest BCUT2D eigenvalue weighted by atomic mass is 10.00. The number of fused-ring (bicyclic) bond motifs is 1. The van der Waals surface area contributed by atoms with Gasteiger partial charge >= 0.3 is 0 Å². The lowest BCUT2D eigenvalue weighted by Gasteiger charge is -2.35. The van der Waals surface area contributed by atoms with E-state index in [1.165, 1.54) is 17.7 Å². The first-order chi connectivity index (χ1) is 12.9. The van der Waals surface area contributed by atoms with Crippen LogP contribution in [0.15, 0.2) is 53.4 Å². The number of hydrogen-bond acceptors (Lipinski definition) is 4. The number of benzene rings is 2. The van der Waals surface area contributed by atoms with E-state index in [1.54, 1.807) is 12.1 Å². The molecule has 1 aliphatic rings. The molecule has 0 unspecified atom stereocenters. The number of nitrogens with one attached hydrogen (secondary N) is 1. The molecule has 0 spiro atoms. The third-order valence-corrected chi connectivity index (χ3v) is 5.89. The molecular formula is C20H25N3O3S. The monoisotopic (exact) mass is 387 g/mol. The van der Waals surface area contributed by atoms with Gasteiger partial charge in [-0.25, -0.2) is 13.6 Å². The molecule has 1 heterocycles. The molecule has 1 amide bonds. The average Bonchev–Trinajstić information content (AvgIpc) is 2.66. The van der Waals surface area contributed by atoms with Crippen molar-refractivity contribution in [3.8, 4) is 0 Å². The number of nitrogens with zero attached hydrogens (tertiary/aromatic N) is 1. The van der Waals surface area contributed by atoms with Crippen LogP contribution >= 0.6 is 0 Å². The Labute approximate surface area is 160 Å². The van der Waals surface area contributed by atoms with Gasteiger partial charge in [0.15, 0.2) is 0 Å². The van der Waals surface area contributed by atoms with E-state index in [0.717, 1.165) is 30.6 Å². The fourth-order valence-electron chi connectivity index (χ4n) is 3.43. The zero-order valence-corrected chi connectivity index (χ0v) is 16.2. The van der Waals surface area contributed by atoms with Gasteiger partial charge in [0.2, 0.25) is 15.9 Å². The van der Waals surface area contributed by atoms with E-state index in [9.17, 15) is 13.2 Å². The summed E-state index contributed by atoms with van der Waals surface area (Å²) >= 11 is 0. The van der Waals surface area contributed by atoms with E-state index in [2.05, 4.69) is 22.3 Å². The summed E-state index contributed by atoms with van der Waals surface area (Å²) in [4.78, 5) is 14.8. The third kappa shape index (κ3) is 4.67. The number of nitrogens with two attached hydrogens (primary N) is 1. The highest BCUT2D eigenvalue weighted by atomic mass is 32.2. The van der Waals surface area contributed by atoms with Crippen molar-refractivity contribution in [2.75, 3.05) is 18.0 Å². The number of rotatable bonds is 6. The van der Waals surface area contributed by atoms with Crippen LogP contribution in [0.25, 0.3) is 0 Å². The summed E-state index contributed by atoms with van der Waals surface area (Å²) in [5, 5.41) is 8.08. The van der Waals surface area contributed by atoms with Gasteiger partial charge in [-0.2, -0.15) is 0 Å². The molecule has 1 atom stereocenters. The second kappa shape index (κ2) is 8.10. The number of hydrogen-bond donors (Lipinski definition) is 2. The van der Waals surface area contributed by atoms with Crippen LogP contribution in [0.3, 0.4) is 0 Å². The Morgan fingerprint density at radius 2 is 1.89 bits per heavy atom. The van der Waals surface area contributed by atoms with Crippen molar-refractivity contribution in [3.05, 3.63) is 59.7 Å². The maximum absolute atomic E-state index is 12.6. The number of anilines is 1. The summed E-state index contributed by atoms with van der Waals surface area (Å²) in [6.07, 6.45) is 2.72. The zero-order chi connectivity index (χ0) is 19.4. The lowest BCUT2D eigenvalue weighted by Crippen LogP contribution is -2.47. The Morgan fingerprint density at radius 1 is 1.19 bits per heavy atom. The predicted octanol–water partition coefficient (Wildman–Crippen LogP) is 1.83. The molecule has 0 aromatic heterocycles. The van der Waals surface area contributed by atoms with Gasteiger partial charge in [0.05, 0.1) is 4.90 Å². The summed E-state index contributed by atoms with van der Waals surface area (Å²) < 4.78 is 22.6. The Morgan fingerprint density at radius 3 is 2.59 bits per heavy atom. The number of sulfonamides is 1. The van der Waals surface area contributed by atoms with E-state index in [1.807, 2.05) is 19.1 Å². The Hall–Kier alpha value is -2.38. The highest BCUT2D eigenvalue weighted by molar-refractivity contribution is 7.89. The first-order valence-electron chi connectivity index (χ1n) is 9.10. The summed E-state index contributed by atoms with van der Waals surface area (Å²) in [6, 6.07) is 14.4. The fraction of sp³-hybridized carbons (Fsp3) is 0.350. The van der Waals surface area contributed by atoms with Crippen molar-refractivity contribution in [1.82, 2.24) is 5.32 Å². The van der Waals surface area contributed by atoms with Gasteiger partial charge in [-0.3, -0.25) is 4.79 Å². The van der Waals surface area contributed by atoms with Gasteiger partial charge in [0.1, 0.15) is 6.04 Å². The maximum atomic E-state index is 12.6. The molecule has 27 heavy (non-hydrogen) atoms. The van der Waals surface area contributed by atoms with Crippen LogP contribution in [0.2, 0.25) is 0 Å². The molecule has 3 N–H and O–H groups in total. The van der Waals surface area contributed by atoms with Gasteiger partial charge in [-0.05, 0) is 55.5 Å². The molecule has 0 saturated carbocycles. The largest absolute Gasteiger partial charge is 0.360 e. The normalized spacial score (nSPS) is 15.1. The van der Waals surface area contributed by atoms with Crippen molar-refractivity contribution in [2.45, 2.75) is 37.1 Å². The summed E-state index contributed by atoms with van der Waals surface area (Å²) in [5.41, 5.74) is 3.38. The van der Waals surface area contributed by atoms with Crippen molar-refractivity contribution in [2.24, 2.45) is 5.14 Å². The molecule has 6 nitrogen and oxygen atoms in total. The van der Waals surface area contributed by atoms with Crippen LogP contribution in [0.5, 0.6) is 0 Å². The molecule has 144 valence electrons. The summed E-state index contributed by atoms with van der Waals surface area (Å²) in [6.45, 7) is 3.30. The Bertz CT molecular complexity index is 910. The van der Waals surface area contributed by atoms with E-state index >= 15 is 0 Å². The zero-order valence-electron chi connectivity index (χ0n) is 15.4. The van der Waals surface area contributed by atoms with Crippen LogP contribution in [0, 0.1) is 0 Å². The number of primary sulfonamides is 1. The first kappa shape index (κ1) is 19.4. The minimum atomic E-state index is -3.68. The number of carbonyl (C=O) groups is 1. The molecule has 0 bridgehead atoms. The molecule has 0 saturated heterocycles. The van der Waals surface area contributed by atoms with Gasteiger partial charge in [-0.1, -0.05) is 30.3 Å². The average molecular weight is 388 g/mol. The van der Waals surface area contributed by atoms with Crippen LogP contribution in [-0.2, 0) is 27.7 Å². The van der Waals surface area contributed by atoms with Crippen LogP contribution in [0.1, 0.15) is 24.5 Å². The minimum Gasteiger partial charge on any atom is -0.360 e. The quantitative estimate of drug-likeness (QED) is 0.791. The summed E-state index contributed by atoms with van der Waals surface area (Å²) in [7, 11) is -3.68. The van der Waals surface area contributed by atoms with Crippen molar-refractivity contribution in [1.29, 1.82) is 0 Å². The number of amides is 1. The number of carbonyl (C=O) groups excluding carboxylic acids is 1. The molecule has 3 rings (SSSR count). The molecule has 2 aromatic rings. The molecule has 0 radical (unpaired) electrons. The van der Waals surface area contributed by atoms with Crippen LogP contribution in [0.4, 0.5) is 5.69 Å². The van der Waals surface area contributed by atoms with Crippen molar-refractivity contribution < 1.29 is 13.2 Å². The molecule has 2 aromatic carbocycles. The predicted molar refractivity (Wildman–Crippen MR) is 106 cm³/mol. The van der Waals surface area contributed by atoms with Gasteiger partial charge in [-0.15, -0.1) is 0 Å². The maximum Gasteiger partial charge on any atom is 0.242 e. The molecule has 1 aliphatic heterocycles. The molecule has 0 fully saturated rings. The van der Waals surface area contributed by atoms with Gasteiger partial charge in [0.25, 0.3) is 0 Å². The lowest BCUT2D eigenvalue weighted by molar-refractivity contribution is -0.122. The minimum absolute atomic E-state index is 0.00661. The fourth-order valence-corrected chi connectivity index (χ4v) is 3.95. The molecule has 7 heteroatoms. The van der Waals surface area contributed by atoms with Gasteiger partial charge < -0.3 is 10.2 Å². The van der Waals surface area contributed by atoms with Crippen molar-refractivity contribution in [3.63, 3.8) is 0 Å². The first-order valence-corrected chi connectivity index (χ1v) is 10.6.